The number of aliphatic imine (C=N–C) groups is 1. The van der Waals surface area contributed by atoms with Crippen molar-refractivity contribution in [1.29, 1.82) is 0 Å². The Kier molecular flexibility index (Phi) is 3.87. The van der Waals surface area contributed by atoms with Crippen LogP contribution >= 0.6 is 15.9 Å². The van der Waals surface area contributed by atoms with E-state index >= 15 is 0 Å². The van der Waals surface area contributed by atoms with Crippen LogP contribution in [0.5, 0.6) is 0 Å². The minimum Gasteiger partial charge on any atom is -0.445 e. The quantitative estimate of drug-likeness (QED) is 0.830. The zero-order chi connectivity index (χ0) is 13.9. The topological polar surface area (TPSA) is 41.9 Å². The third kappa shape index (κ3) is 2.93. The van der Waals surface area contributed by atoms with Crippen molar-refractivity contribution in [3.05, 3.63) is 47.2 Å². The maximum absolute atomic E-state index is 12.1. The van der Waals surface area contributed by atoms with Crippen LogP contribution in [0.3, 0.4) is 0 Å². The lowest BCUT2D eigenvalue weighted by Gasteiger charge is -2.26. The third-order valence-corrected chi connectivity index (χ3v) is 3.97. The first-order chi connectivity index (χ1) is 9.72. The molecule has 0 spiro atoms. The van der Waals surface area contributed by atoms with E-state index in [1.54, 1.807) is 4.90 Å². The van der Waals surface area contributed by atoms with Gasteiger partial charge < -0.3 is 9.64 Å². The van der Waals surface area contributed by atoms with Crippen molar-refractivity contribution < 1.29 is 9.53 Å². The maximum atomic E-state index is 12.1. The first-order valence-corrected chi connectivity index (χ1v) is 7.41. The molecule has 0 radical (unpaired) electrons. The molecule has 0 unspecified atom stereocenters. The van der Waals surface area contributed by atoms with Gasteiger partial charge in [0.05, 0.1) is 16.9 Å². The van der Waals surface area contributed by atoms with Crippen molar-refractivity contribution in [2.45, 2.75) is 19.4 Å². The Morgan fingerprint density at radius 1 is 1.35 bits per heavy atom. The largest absolute Gasteiger partial charge is 0.445 e. The van der Waals surface area contributed by atoms with Crippen LogP contribution in [-0.2, 0) is 11.3 Å². The number of nitrogens with zero attached hydrogens (tertiary/aromatic N) is 2. The van der Waals surface area contributed by atoms with Crippen LogP contribution in [0.15, 0.2) is 46.6 Å². The number of hydrogen-bond donors (Lipinski definition) is 0. The van der Waals surface area contributed by atoms with E-state index in [1.807, 2.05) is 30.3 Å². The van der Waals surface area contributed by atoms with E-state index in [0.29, 0.717) is 19.7 Å². The summed E-state index contributed by atoms with van der Waals surface area (Å²) in [6, 6.07) is 9.71. The van der Waals surface area contributed by atoms with Crippen LogP contribution in [0.25, 0.3) is 0 Å². The number of amides is 1. The second-order valence-corrected chi connectivity index (χ2v) is 5.84. The van der Waals surface area contributed by atoms with Crippen molar-refractivity contribution in [3.8, 4) is 0 Å². The molecule has 1 aromatic rings. The Morgan fingerprint density at radius 2 is 2.15 bits per heavy atom. The maximum Gasteiger partial charge on any atom is 0.410 e. The highest BCUT2D eigenvalue weighted by molar-refractivity contribution is 9.18. The second kappa shape index (κ2) is 5.79. The Balaban J connectivity index is 1.56. The van der Waals surface area contributed by atoms with Gasteiger partial charge in [-0.2, -0.15) is 0 Å². The molecule has 1 aromatic carbocycles. The highest BCUT2D eigenvalue weighted by atomic mass is 79.9. The lowest BCUT2D eigenvalue weighted by atomic mass is 10.1. The molecular formula is C15H15BrN2O2. The number of rotatable bonds is 2. The van der Waals surface area contributed by atoms with Gasteiger partial charge in [0.25, 0.3) is 0 Å². The fourth-order valence-electron chi connectivity index (χ4n) is 2.42. The molecule has 0 saturated carbocycles. The number of benzene rings is 1. The summed E-state index contributed by atoms with van der Waals surface area (Å²) < 4.78 is 6.31. The predicted molar refractivity (Wildman–Crippen MR) is 80.8 cm³/mol. The standard InChI is InChI=1S/C15H15BrN2O2/c16-14-8-12-6-7-18(9-13(12)17-14)15(19)20-10-11-4-2-1-3-5-11/h1-5H,6-10H2. The second-order valence-electron chi connectivity index (χ2n) is 4.93. The van der Waals surface area contributed by atoms with E-state index < -0.39 is 0 Å². The predicted octanol–water partition coefficient (Wildman–Crippen LogP) is 3.48. The normalized spacial score (nSPS) is 17.9. The molecule has 0 bridgehead atoms. The lowest BCUT2D eigenvalue weighted by Crippen LogP contribution is -2.36. The van der Waals surface area contributed by atoms with Crippen LogP contribution < -0.4 is 0 Å². The molecule has 0 saturated heterocycles. The highest BCUT2D eigenvalue weighted by Gasteiger charge is 2.27. The molecule has 20 heavy (non-hydrogen) atoms. The minimum atomic E-state index is -0.265. The summed E-state index contributed by atoms with van der Waals surface area (Å²) in [4.78, 5) is 18.2. The van der Waals surface area contributed by atoms with Gasteiger partial charge in [0, 0.05) is 13.0 Å². The van der Waals surface area contributed by atoms with Gasteiger partial charge in [-0.15, -0.1) is 0 Å². The van der Waals surface area contributed by atoms with Crippen LogP contribution in [0.1, 0.15) is 18.4 Å². The fourth-order valence-corrected chi connectivity index (χ4v) is 2.97. The molecule has 1 amide bonds. The Morgan fingerprint density at radius 3 is 2.95 bits per heavy atom. The number of carbonyl (C=O) groups excluding carboxylic acids is 1. The number of ether oxygens (including phenoxy) is 1. The van der Waals surface area contributed by atoms with E-state index in [0.717, 1.165) is 28.7 Å². The summed E-state index contributed by atoms with van der Waals surface area (Å²) in [5.74, 6) is 0. The van der Waals surface area contributed by atoms with E-state index in [9.17, 15) is 4.79 Å². The van der Waals surface area contributed by atoms with Gasteiger partial charge >= 0.3 is 6.09 Å². The summed E-state index contributed by atoms with van der Waals surface area (Å²) in [5, 5.41) is 0. The molecule has 2 aliphatic heterocycles. The molecule has 5 heteroatoms. The van der Waals surface area contributed by atoms with Crippen molar-refractivity contribution in [1.82, 2.24) is 4.90 Å². The average molecular weight is 335 g/mol. The molecule has 0 fully saturated rings. The van der Waals surface area contributed by atoms with Crippen molar-refractivity contribution in [2.75, 3.05) is 13.1 Å². The lowest BCUT2D eigenvalue weighted by molar-refractivity contribution is 0.0978. The number of halogens is 1. The number of carbonyl (C=O) groups is 1. The van der Waals surface area contributed by atoms with Gasteiger partial charge in [0.2, 0.25) is 0 Å². The Labute approximate surface area is 126 Å². The molecule has 0 aliphatic carbocycles. The van der Waals surface area contributed by atoms with Crippen molar-refractivity contribution in [3.63, 3.8) is 0 Å². The first kappa shape index (κ1) is 13.4. The van der Waals surface area contributed by atoms with Crippen LogP contribution in [0.4, 0.5) is 4.79 Å². The van der Waals surface area contributed by atoms with Gasteiger partial charge in [-0.05, 0) is 33.5 Å². The average Bonchev–Trinajstić information content (AvgIpc) is 2.85. The molecule has 4 nitrogen and oxygen atoms in total. The van der Waals surface area contributed by atoms with Crippen LogP contribution in [0.2, 0.25) is 0 Å². The molecule has 2 heterocycles. The van der Waals surface area contributed by atoms with Crippen molar-refractivity contribution in [2.24, 2.45) is 4.99 Å². The summed E-state index contributed by atoms with van der Waals surface area (Å²) in [6.45, 7) is 1.58. The summed E-state index contributed by atoms with van der Waals surface area (Å²) >= 11 is 3.42. The van der Waals surface area contributed by atoms with Crippen LogP contribution in [-0.4, -0.2) is 28.7 Å². The van der Waals surface area contributed by atoms with E-state index in [1.165, 1.54) is 5.57 Å². The molecule has 104 valence electrons. The smallest absolute Gasteiger partial charge is 0.410 e. The van der Waals surface area contributed by atoms with Crippen LogP contribution in [0, 0.1) is 0 Å². The van der Waals surface area contributed by atoms with Gasteiger partial charge in [0.15, 0.2) is 0 Å². The van der Waals surface area contributed by atoms with Gasteiger partial charge in [-0.25, -0.2) is 9.79 Å². The Bertz CT molecular complexity index is 581. The summed E-state index contributed by atoms with van der Waals surface area (Å²) in [7, 11) is 0. The zero-order valence-corrected chi connectivity index (χ0v) is 12.6. The van der Waals surface area contributed by atoms with E-state index in [2.05, 4.69) is 20.9 Å². The molecule has 3 rings (SSSR count). The van der Waals surface area contributed by atoms with Gasteiger partial charge in [-0.3, -0.25) is 0 Å². The summed E-state index contributed by atoms with van der Waals surface area (Å²) in [5.41, 5.74) is 3.35. The fraction of sp³-hybridized carbons (Fsp3) is 0.333. The number of hydrogen-bond acceptors (Lipinski definition) is 3. The third-order valence-electron chi connectivity index (χ3n) is 3.51. The van der Waals surface area contributed by atoms with E-state index in [-0.39, 0.29) is 6.09 Å². The minimum absolute atomic E-state index is 0.265. The first-order valence-electron chi connectivity index (χ1n) is 6.62. The zero-order valence-electron chi connectivity index (χ0n) is 11.0. The molecule has 0 atom stereocenters. The molecule has 0 aromatic heterocycles. The SMILES string of the molecule is O=C(OCc1ccccc1)N1CCC2=C(C1)N=C(Br)C2. The highest BCUT2D eigenvalue weighted by Crippen LogP contribution is 2.29. The van der Waals surface area contributed by atoms with E-state index in [4.69, 9.17) is 4.74 Å². The monoisotopic (exact) mass is 334 g/mol. The summed E-state index contributed by atoms with van der Waals surface area (Å²) in [6.07, 6.45) is 1.51. The molecular weight excluding hydrogens is 320 g/mol. The van der Waals surface area contributed by atoms with Crippen molar-refractivity contribution >= 4 is 26.6 Å². The van der Waals surface area contributed by atoms with Gasteiger partial charge in [0.1, 0.15) is 6.61 Å². The molecule has 0 N–H and O–H groups in total. The Hall–Kier alpha value is -1.62. The molecule has 2 aliphatic rings. The van der Waals surface area contributed by atoms with Gasteiger partial charge in [-0.1, -0.05) is 30.3 Å².